The number of nitrogens with zero attached hydrogens (tertiary/aromatic N) is 1. The van der Waals surface area contributed by atoms with E-state index in [1.54, 1.807) is 36.1 Å². The number of benzene rings is 2. The number of aryl methyl sites for hydroxylation is 2. The van der Waals surface area contributed by atoms with E-state index in [0.29, 0.717) is 24.4 Å². The highest BCUT2D eigenvalue weighted by atomic mass is 16.5. The molecule has 1 aliphatic rings. The molecular formula is C22H25N3O4. The zero-order valence-electron chi connectivity index (χ0n) is 16.8. The third-order valence-electron chi connectivity index (χ3n) is 4.92. The lowest BCUT2D eigenvalue weighted by atomic mass is 10.1. The highest BCUT2D eigenvalue weighted by Gasteiger charge is 2.31. The quantitative estimate of drug-likeness (QED) is 0.760. The molecule has 1 saturated heterocycles. The topological polar surface area (TPSA) is 87.7 Å². The molecule has 0 spiro atoms. The second kappa shape index (κ2) is 8.77. The van der Waals surface area contributed by atoms with Crippen molar-refractivity contribution < 1.29 is 19.1 Å². The first kappa shape index (κ1) is 20.4. The van der Waals surface area contributed by atoms with E-state index in [2.05, 4.69) is 10.6 Å². The van der Waals surface area contributed by atoms with Crippen LogP contribution in [-0.2, 0) is 9.53 Å². The molecular weight excluding hydrogens is 370 g/mol. The van der Waals surface area contributed by atoms with E-state index in [-0.39, 0.29) is 18.4 Å². The van der Waals surface area contributed by atoms with Crippen LogP contribution in [0.1, 0.15) is 34.8 Å². The summed E-state index contributed by atoms with van der Waals surface area (Å²) in [5, 5.41) is 5.56. The minimum atomic E-state index is -0.403. The van der Waals surface area contributed by atoms with Crippen LogP contribution in [-0.4, -0.2) is 37.1 Å². The normalized spacial score (nSPS) is 15.9. The first-order valence-corrected chi connectivity index (χ1v) is 9.59. The van der Waals surface area contributed by atoms with Crippen molar-refractivity contribution in [1.29, 1.82) is 0 Å². The van der Waals surface area contributed by atoms with Crippen LogP contribution in [0.3, 0.4) is 0 Å². The molecule has 3 amide bonds. The predicted molar refractivity (Wildman–Crippen MR) is 111 cm³/mol. The van der Waals surface area contributed by atoms with Crippen molar-refractivity contribution in [1.82, 2.24) is 5.32 Å². The molecule has 0 unspecified atom stereocenters. The molecule has 7 nitrogen and oxygen atoms in total. The second-order valence-electron chi connectivity index (χ2n) is 7.07. The van der Waals surface area contributed by atoms with Gasteiger partial charge in [0.2, 0.25) is 5.91 Å². The molecule has 2 aromatic rings. The summed E-state index contributed by atoms with van der Waals surface area (Å²) in [4.78, 5) is 38.0. The van der Waals surface area contributed by atoms with Crippen molar-refractivity contribution >= 4 is 29.3 Å². The molecule has 0 saturated carbocycles. The number of rotatable bonds is 5. The van der Waals surface area contributed by atoms with Gasteiger partial charge in [-0.15, -0.1) is 0 Å². The molecule has 0 aliphatic carbocycles. The van der Waals surface area contributed by atoms with Gasteiger partial charge in [-0.2, -0.15) is 0 Å². The predicted octanol–water partition coefficient (Wildman–Crippen LogP) is 3.41. The number of nitrogens with one attached hydrogen (secondary N) is 2. The van der Waals surface area contributed by atoms with Crippen molar-refractivity contribution in [3.8, 4) is 0 Å². The number of esters is 1. The Morgan fingerprint density at radius 3 is 2.48 bits per heavy atom. The van der Waals surface area contributed by atoms with Crippen molar-refractivity contribution in [2.75, 3.05) is 23.4 Å². The van der Waals surface area contributed by atoms with Crippen LogP contribution in [0.25, 0.3) is 0 Å². The largest absolute Gasteiger partial charge is 0.462 e. The lowest BCUT2D eigenvalue weighted by Gasteiger charge is -2.18. The van der Waals surface area contributed by atoms with Gasteiger partial charge in [0.25, 0.3) is 0 Å². The lowest BCUT2D eigenvalue weighted by molar-refractivity contribution is -0.117. The van der Waals surface area contributed by atoms with Gasteiger partial charge in [-0.1, -0.05) is 6.07 Å². The smallest absolute Gasteiger partial charge is 0.338 e. The van der Waals surface area contributed by atoms with E-state index in [4.69, 9.17) is 4.74 Å². The molecule has 7 heteroatoms. The van der Waals surface area contributed by atoms with E-state index < -0.39 is 12.0 Å². The maximum Gasteiger partial charge on any atom is 0.338 e. The fourth-order valence-corrected chi connectivity index (χ4v) is 3.20. The van der Waals surface area contributed by atoms with E-state index in [1.165, 1.54) is 5.56 Å². The van der Waals surface area contributed by atoms with Crippen LogP contribution in [0.4, 0.5) is 16.2 Å². The monoisotopic (exact) mass is 395 g/mol. The fraction of sp³-hybridized carbons (Fsp3) is 0.318. The number of carbonyl (C=O) groups is 3. The minimum absolute atomic E-state index is 0.0163. The molecule has 0 radical (unpaired) electrons. The molecule has 1 fully saturated rings. The summed E-state index contributed by atoms with van der Waals surface area (Å²) in [5.41, 5.74) is 4.10. The van der Waals surface area contributed by atoms with Crippen LogP contribution in [0.2, 0.25) is 0 Å². The average molecular weight is 395 g/mol. The Bertz CT molecular complexity index is 924. The van der Waals surface area contributed by atoms with Crippen LogP contribution in [0.5, 0.6) is 0 Å². The van der Waals surface area contributed by atoms with Crippen LogP contribution in [0.15, 0.2) is 42.5 Å². The van der Waals surface area contributed by atoms with Crippen LogP contribution < -0.4 is 15.5 Å². The van der Waals surface area contributed by atoms with E-state index >= 15 is 0 Å². The number of anilines is 2. The number of ether oxygens (including phenoxy) is 1. The summed E-state index contributed by atoms with van der Waals surface area (Å²) in [6.07, 6.45) is 0.252. The first-order valence-electron chi connectivity index (χ1n) is 9.59. The summed E-state index contributed by atoms with van der Waals surface area (Å²) >= 11 is 0. The van der Waals surface area contributed by atoms with Crippen molar-refractivity contribution in [2.45, 2.75) is 33.2 Å². The summed E-state index contributed by atoms with van der Waals surface area (Å²) < 4.78 is 4.93. The van der Waals surface area contributed by atoms with Gasteiger partial charge in [-0.05, 0) is 68.3 Å². The van der Waals surface area contributed by atoms with Gasteiger partial charge in [-0.3, -0.25) is 4.79 Å². The molecule has 29 heavy (non-hydrogen) atoms. The molecule has 1 heterocycles. The number of amides is 3. The molecule has 2 N–H and O–H groups in total. The first-order chi connectivity index (χ1) is 13.9. The van der Waals surface area contributed by atoms with Crippen molar-refractivity contribution in [3.63, 3.8) is 0 Å². The minimum Gasteiger partial charge on any atom is -0.462 e. The standard InChI is InChI=1S/C22H25N3O4/c1-4-29-21(27)16-6-8-17(9-7-16)23-22(28)24-18-12-20(26)25(13-18)19-10-5-14(2)15(3)11-19/h5-11,18H,4,12-13H2,1-3H3,(H2,23,24,28)/t18-/m1/s1. The van der Waals surface area contributed by atoms with Gasteiger partial charge >= 0.3 is 12.0 Å². The van der Waals surface area contributed by atoms with Crippen LogP contribution >= 0.6 is 0 Å². The Morgan fingerprint density at radius 2 is 1.83 bits per heavy atom. The van der Waals surface area contributed by atoms with Gasteiger partial charge < -0.3 is 20.3 Å². The summed E-state index contributed by atoms with van der Waals surface area (Å²) in [6, 6.07) is 11.7. The zero-order chi connectivity index (χ0) is 21.0. The Labute approximate surface area is 170 Å². The van der Waals surface area contributed by atoms with Crippen LogP contribution in [0, 0.1) is 13.8 Å². The third-order valence-corrected chi connectivity index (χ3v) is 4.92. The molecule has 0 bridgehead atoms. The van der Waals surface area contributed by atoms with Gasteiger partial charge in [0, 0.05) is 24.3 Å². The average Bonchev–Trinajstić information content (AvgIpc) is 3.04. The van der Waals surface area contributed by atoms with Gasteiger partial charge in [0.1, 0.15) is 0 Å². The van der Waals surface area contributed by atoms with Gasteiger partial charge in [0.15, 0.2) is 0 Å². The highest BCUT2D eigenvalue weighted by molar-refractivity contribution is 5.98. The number of urea groups is 1. The van der Waals surface area contributed by atoms with Crippen molar-refractivity contribution in [2.24, 2.45) is 0 Å². The van der Waals surface area contributed by atoms with E-state index in [9.17, 15) is 14.4 Å². The van der Waals surface area contributed by atoms with E-state index in [0.717, 1.165) is 11.3 Å². The highest BCUT2D eigenvalue weighted by Crippen LogP contribution is 2.24. The van der Waals surface area contributed by atoms with Crippen molar-refractivity contribution in [3.05, 3.63) is 59.2 Å². The second-order valence-corrected chi connectivity index (χ2v) is 7.07. The zero-order valence-corrected chi connectivity index (χ0v) is 16.8. The van der Waals surface area contributed by atoms with Gasteiger partial charge in [0.05, 0.1) is 18.2 Å². The number of hydrogen-bond acceptors (Lipinski definition) is 4. The third kappa shape index (κ3) is 4.93. The number of carbonyl (C=O) groups excluding carboxylic acids is 3. The molecule has 1 atom stereocenters. The van der Waals surface area contributed by atoms with Gasteiger partial charge in [-0.25, -0.2) is 9.59 Å². The SMILES string of the molecule is CCOC(=O)c1ccc(NC(=O)N[C@@H]2CC(=O)N(c3ccc(C)c(C)c3)C2)cc1. The maximum atomic E-state index is 12.4. The molecule has 3 rings (SSSR count). The molecule has 2 aromatic carbocycles. The Hall–Kier alpha value is -3.35. The molecule has 1 aliphatic heterocycles. The van der Waals surface area contributed by atoms with E-state index in [1.807, 2.05) is 32.0 Å². The lowest BCUT2D eigenvalue weighted by Crippen LogP contribution is -2.39. The summed E-state index contributed by atoms with van der Waals surface area (Å²) in [6.45, 7) is 6.51. The molecule has 0 aromatic heterocycles. The number of hydrogen-bond donors (Lipinski definition) is 2. The summed E-state index contributed by atoms with van der Waals surface area (Å²) in [5.74, 6) is -0.420. The maximum absolute atomic E-state index is 12.4. The Morgan fingerprint density at radius 1 is 1.10 bits per heavy atom. The Balaban J connectivity index is 1.56. The summed E-state index contributed by atoms with van der Waals surface area (Å²) in [7, 11) is 0. The fourth-order valence-electron chi connectivity index (χ4n) is 3.20. The Kier molecular flexibility index (Phi) is 6.16. The molecule has 152 valence electrons.